The second-order valence-corrected chi connectivity index (χ2v) is 25.1. The summed E-state index contributed by atoms with van der Waals surface area (Å²) in [5, 5.41) is 2.41. The number of esters is 4. The molecule has 0 atom stereocenters. The van der Waals surface area contributed by atoms with Gasteiger partial charge in [0.05, 0.1) is 48.7 Å². The van der Waals surface area contributed by atoms with Gasteiger partial charge in [-0.25, -0.2) is 49.1 Å². The normalized spacial score (nSPS) is 11.7. The lowest BCUT2D eigenvalue weighted by atomic mass is 10.0. The first kappa shape index (κ1) is 68.5. The number of unbranched alkanes of at least 4 members (excludes halogenated alkanes) is 28. The van der Waals surface area contributed by atoms with Crippen molar-refractivity contribution in [2.75, 3.05) is 26.4 Å². The first-order chi connectivity index (χ1) is 45.2. The molecule has 0 fully saturated rings. The molecular weight excluding hydrogens is 1150 g/mol. The zero-order chi connectivity index (χ0) is 64.3. The Morgan fingerprint density at radius 3 is 0.804 bits per heavy atom. The molecule has 2 N–H and O–H groups in total. The molecule has 0 saturated heterocycles. The number of rotatable bonds is 40. The van der Waals surface area contributed by atoms with Crippen molar-refractivity contribution in [2.24, 2.45) is 0 Å². The highest BCUT2D eigenvalue weighted by molar-refractivity contribution is 6.10. The largest absolute Gasteiger partial charge is 0.462 e. The number of carbonyl (C=O) groups excluding carboxylic acids is 4. The topological polar surface area (TPSA) is 214 Å². The Balaban J connectivity index is 1.12. The van der Waals surface area contributed by atoms with E-state index in [9.17, 15) is 19.2 Å². The third-order valence-corrected chi connectivity index (χ3v) is 17.7. The molecule has 9 rings (SSSR count). The fourth-order valence-electron chi connectivity index (χ4n) is 12.2. The molecular formula is C76H98N8O8. The zero-order valence-corrected chi connectivity index (χ0v) is 55.3. The van der Waals surface area contributed by atoms with Crippen molar-refractivity contribution in [1.82, 2.24) is 39.9 Å². The maximum absolute atomic E-state index is 13.9. The number of aromatic amines is 2. The molecule has 0 amide bonds. The summed E-state index contributed by atoms with van der Waals surface area (Å²) in [6.07, 6.45) is 36.0. The van der Waals surface area contributed by atoms with Crippen LogP contribution < -0.4 is 0 Å². The Morgan fingerprint density at radius 2 is 0.511 bits per heavy atom. The fraction of sp³-hybridized carbons (Fsp3) is 0.526. The minimum absolute atomic E-state index is 0.263. The molecule has 2 aliphatic rings. The van der Waals surface area contributed by atoms with Crippen molar-refractivity contribution in [3.8, 4) is 45.6 Å². The van der Waals surface area contributed by atoms with Gasteiger partial charge in [0, 0.05) is 43.8 Å². The second kappa shape index (κ2) is 36.4. The van der Waals surface area contributed by atoms with Gasteiger partial charge in [0.25, 0.3) is 0 Å². The Hall–Kier alpha value is -7.88. The van der Waals surface area contributed by atoms with Gasteiger partial charge in [-0.1, -0.05) is 207 Å². The number of nitrogens with zero attached hydrogens (tertiary/aromatic N) is 6. The monoisotopic (exact) mass is 1250 g/mol. The van der Waals surface area contributed by atoms with Crippen molar-refractivity contribution >= 4 is 68.0 Å². The molecule has 16 nitrogen and oxygen atoms in total. The molecule has 0 saturated carbocycles. The quantitative estimate of drug-likeness (QED) is 0.0208. The maximum Gasteiger partial charge on any atom is 0.338 e. The molecule has 0 spiro atoms. The SMILES string of the molecule is CCCCCCCCCCOC(=O)c1ccc2c(c1)-c1nc-2nc2[nH]c(nc3nc(nc4[nH]c(n1)c1ccc(C(=O)OCCCCCCCCCC)cc41)-c1ccc(C(=O)OCCCCCCCCCC)cc1-3)c1ccc(C(=O)OCCCCCCCCCC)cc21. The number of nitrogens with one attached hydrogen (secondary N) is 2. The van der Waals surface area contributed by atoms with Crippen molar-refractivity contribution in [2.45, 2.75) is 233 Å². The second-order valence-electron chi connectivity index (χ2n) is 25.1. The van der Waals surface area contributed by atoms with Crippen molar-refractivity contribution < 1.29 is 38.1 Å². The molecule has 8 bridgehead atoms. The van der Waals surface area contributed by atoms with E-state index >= 15 is 0 Å². The number of fused-ring (bicyclic) bond motifs is 20. The molecule has 5 heterocycles. The summed E-state index contributed by atoms with van der Waals surface area (Å²) in [6, 6.07) is 21.2. The smallest absolute Gasteiger partial charge is 0.338 e. The maximum atomic E-state index is 13.9. The minimum atomic E-state index is -0.452. The average Bonchev–Trinajstić information content (AvgIpc) is 1.65. The van der Waals surface area contributed by atoms with Crippen LogP contribution in [-0.4, -0.2) is 90.2 Å². The predicted molar refractivity (Wildman–Crippen MR) is 368 cm³/mol. The van der Waals surface area contributed by atoms with Gasteiger partial charge in [-0.15, -0.1) is 0 Å². The third-order valence-electron chi connectivity index (χ3n) is 17.7. The Morgan fingerprint density at radius 1 is 0.272 bits per heavy atom. The van der Waals surface area contributed by atoms with Crippen LogP contribution in [0.5, 0.6) is 0 Å². The van der Waals surface area contributed by atoms with Gasteiger partial charge < -0.3 is 28.9 Å². The van der Waals surface area contributed by atoms with Crippen molar-refractivity contribution in [1.29, 1.82) is 0 Å². The van der Waals surface area contributed by atoms with Gasteiger partial charge in [-0.2, -0.15) is 0 Å². The van der Waals surface area contributed by atoms with Gasteiger partial charge in [0.15, 0.2) is 23.3 Å². The average molecular weight is 1250 g/mol. The number of benzene rings is 4. The lowest BCUT2D eigenvalue weighted by molar-refractivity contribution is 0.0488. The zero-order valence-electron chi connectivity index (χ0n) is 55.3. The number of carbonyl (C=O) groups is 4. The van der Waals surface area contributed by atoms with Crippen LogP contribution in [0.1, 0.15) is 275 Å². The van der Waals surface area contributed by atoms with Gasteiger partial charge in [0.2, 0.25) is 0 Å². The molecule has 0 radical (unpaired) electrons. The molecule has 2 aliphatic heterocycles. The van der Waals surface area contributed by atoms with Gasteiger partial charge in [0.1, 0.15) is 22.6 Å². The highest BCUT2D eigenvalue weighted by atomic mass is 16.5. The Bertz CT molecular complexity index is 3520. The molecule has 92 heavy (non-hydrogen) atoms. The van der Waals surface area contributed by atoms with E-state index in [0.29, 0.717) is 127 Å². The van der Waals surface area contributed by atoms with E-state index in [4.69, 9.17) is 48.9 Å². The highest BCUT2D eigenvalue weighted by Gasteiger charge is 2.26. The van der Waals surface area contributed by atoms with Crippen LogP contribution in [0.25, 0.3) is 89.7 Å². The molecule has 3 aromatic heterocycles. The van der Waals surface area contributed by atoms with E-state index in [1.54, 1.807) is 48.5 Å². The van der Waals surface area contributed by atoms with Crippen molar-refractivity contribution in [3.63, 3.8) is 0 Å². The molecule has 4 aromatic carbocycles. The number of aromatic nitrogens is 8. The van der Waals surface area contributed by atoms with E-state index in [2.05, 4.69) is 37.7 Å². The number of ether oxygens (including phenoxy) is 4. The molecule has 490 valence electrons. The minimum Gasteiger partial charge on any atom is -0.462 e. The number of hydrogen-bond acceptors (Lipinski definition) is 14. The first-order valence-corrected chi connectivity index (χ1v) is 35.3. The number of H-pyrrole nitrogens is 2. The van der Waals surface area contributed by atoms with E-state index in [-0.39, 0.29) is 11.6 Å². The summed E-state index contributed by atoms with van der Waals surface area (Å²) < 4.78 is 23.5. The summed E-state index contributed by atoms with van der Waals surface area (Å²) in [7, 11) is 0. The summed E-state index contributed by atoms with van der Waals surface area (Å²) in [4.78, 5) is 93.4. The third kappa shape index (κ3) is 19.1. The van der Waals surface area contributed by atoms with Gasteiger partial charge >= 0.3 is 23.9 Å². The van der Waals surface area contributed by atoms with E-state index in [1.165, 1.54) is 128 Å². The van der Waals surface area contributed by atoms with Crippen LogP contribution >= 0.6 is 0 Å². The van der Waals surface area contributed by atoms with Gasteiger partial charge in [-0.3, -0.25) is 0 Å². The number of hydrogen-bond donors (Lipinski definition) is 2. The highest BCUT2D eigenvalue weighted by Crippen LogP contribution is 2.39. The van der Waals surface area contributed by atoms with Gasteiger partial charge in [-0.05, 0) is 98.5 Å². The Labute approximate surface area is 543 Å². The van der Waals surface area contributed by atoms with Crippen LogP contribution in [0.3, 0.4) is 0 Å². The molecule has 0 unspecified atom stereocenters. The molecule has 0 aliphatic carbocycles. The standard InChI is InChI=1S/C76H98N8O8/c1-5-9-13-17-21-25-29-33-45-89-73(85)53-37-41-57-61(49-53)69-77-65(57)82-70-63-51-55(75(87)91-47-35-31-27-23-19-15-11-7-3)39-43-59(63)67(79-70)84-72-64-52-56(76(88)92-48-36-32-28-24-20-16-12-8-4)40-44-60(64)68(80-72)83-71-62-50-54(38-42-58(62)66(78-71)81-69)74(86)90-46-34-30-26-22-18-14-10-6-2/h37-44,49-52H,5-36,45-48H2,1-4H3,(H2,77,78,79,80,81,82,83,84). The molecule has 7 aromatic rings. The van der Waals surface area contributed by atoms with Crippen LogP contribution in [-0.2, 0) is 18.9 Å². The van der Waals surface area contributed by atoms with Crippen LogP contribution in [0.2, 0.25) is 0 Å². The fourth-order valence-corrected chi connectivity index (χ4v) is 12.2. The summed E-state index contributed by atoms with van der Waals surface area (Å²) in [6.45, 7) is 10.1. The van der Waals surface area contributed by atoms with Crippen molar-refractivity contribution in [3.05, 3.63) is 95.1 Å². The van der Waals surface area contributed by atoms with Crippen LogP contribution in [0.15, 0.2) is 72.8 Å². The Kier molecular flexibility index (Phi) is 27.1. The van der Waals surface area contributed by atoms with Crippen LogP contribution in [0, 0.1) is 0 Å². The molecule has 16 heteroatoms. The predicted octanol–water partition coefficient (Wildman–Crippen LogP) is 20.1. The summed E-state index contributed by atoms with van der Waals surface area (Å²) in [5.41, 5.74) is 5.12. The van der Waals surface area contributed by atoms with E-state index < -0.39 is 23.9 Å². The lowest BCUT2D eigenvalue weighted by Crippen LogP contribution is -2.06. The lowest BCUT2D eigenvalue weighted by Gasteiger charge is -2.07. The van der Waals surface area contributed by atoms with E-state index in [1.807, 2.05) is 24.3 Å². The van der Waals surface area contributed by atoms with Crippen LogP contribution in [0.4, 0.5) is 0 Å². The van der Waals surface area contributed by atoms with E-state index in [0.717, 1.165) is 77.0 Å². The summed E-state index contributed by atoms with van der Waals surface area (Å²) in [5.74, 6) is -0.694. The summed E-state index contributed by atoms with van der Waals surface area (Å²) >= 11 is 0. The first-order valence-electron chi connectivity index (χ1n) is 35.3.